The Labute approximate surface area is 159 Å². The SMILES string of the molecule is Cc1nn(-c2ccc(F)cc2)c(C)c1C(=O)NC(C)CCc1ccccc1. The van der Waals surface area contributed by atoms with Gasteiger partial charge in [-0.1, -0.05) is 30.3 Å². The topological polar surface area (TPSA) is 46.9 Å². The van der Waals surface area contributed by atoms with Gasteiger partial charge < -0.3 is 5.32 Å². The smallest absolute Gasteiger partial charge is 0.255 e. The van der Waals surface area contributed by atoms with Crippen LogP contribution in [0.25, 0.3) is 5.69 Å². The summed E-state index contributed by atoms with van der Waals surface area (Å²) in [4.78, 5) is 12.8. The Hall–Kier alpha value is -2.95. The zero-order chi connectivity index (χ0) is 19.4. The van der Waals surface area contributed by atoms with Crippen LogP contribution in [0.4, 0.5) is 4.39 Å². The van der Waals surface area contributed by atoms with Crippen LogP contribution in [0.15, 0.2) is 54.6 Å². The van der Waals surface area contributed by atoms with Gasteiger partial charge in [-0.3, -0.25) is 4.79 Å². The fourth-order valence-electron chi connectivity index (χ4n) is 3.20. The van der Waals surface area contributed by atoms with E-state index in [0.717, 1.165) is 24.2 Å². The van der Waals surface area contributed by atoms with Crippen LogP contribution in [0.2, 0.25) is 0 Å². The molecule has 1 N–H and O–H groups in total. The van der Waals surface area contributed by atoms with E-state index in [0.29, 0.717) is 11.3 Å². The predicted octanol–water partition coefficient (Wildman–Crippen LogP) is 4.38. The number of nitrogens with zero attached hydrogens (tertiary/aromatic N) is 2. The van der Waals surface area contributed by atoms with Crippen LogP contribution in [0.5, 0.6) is 0 Å². The second kappa shape index (κ2) is 8.16. The third-order valence-corrected chi connectivity index (χ3v) is 4.68. The highest BCUT2D eigenvalue weighted by molar-refractivity contribution is 5.96. The van der Waals surface area contributed by atoms with Gasteiger partial charge in [0.15, 0.2) is 0 Å². The summed E-state index contributed by atoms with van der Waals surface area (Å²) in [7, 11) is 0. The molecule has 0 aliphatic rings. The van der Waals surface area contributed by atoms with Crippen LogP contribution < -0.4 is 5.32 Å². The number of aromatic nitrogens is 2. The molecule has 1 atom stereocenters. The first-order chi connectivity index (χ1) is 13.0. The van der Waals surface area contributed by atoms with Crippen molar-refractivity contribution in [3.8, 4) is 5.69 Å². The normalized spacial score (nSPS) is 12.0. The van der Waals surface area contributed by atoms with Crippen molar-refractivity contribution in [3.05, 3.63) is 82.9 Å². The zero-order valence-electron chi connectivity index (χ0n) is 15.9. The molecule has 0 saturated carbocycles. The lowest BCUT2D eigenvalue weighted by atomic mass is 10.1. The number of aryl methyl sites for hydroxylation is 2. The van der Waals surface area contributed by atoms with Crippen molar-refractivity contribution in [2.75, 3.05) is 0 Å². The number of hydrogen-bond donors (Lipinski definition) is 1. The molecule has 27 heavy (non-hydrogen) atoms. The Morgan fingerprint density at radius 2 is 1.78 bits per heavy atom. The first kappa shape index (κ1) is 18.8. The molecule has 0 radical (unpaired) electrons. The Bertz CT molecular complexity index is 917. The van der Waals surface area contributed by atoms with E-state index >= 15 is 0 Å². The number of amides is 1. The van der Waals surface area contributed by atoms with Gasteiger partial charge in [-0.25, -0.2) is 9.07 Å². The second-order valence-electron chi connectivity index (χ2n) is 6.83. The first-order valence-corrected chi connectivity index (χ1v) is 9.12. The molecule has 3 aromatic rings. The van der Waals surface area contributed by atoms with Crippen molar-refractivity contribution in [2.24, 2.45) is 0 Å². The molecule has 1 aromatic heterocycles. The van der Waals surface area contributed by atoms with E-state index in [1.165, 1.54) is 17.7 Å². The predicted molar refractivity (Wildman–Crippen MR) is 105 cm³/mol. The Morgan fingerprint density at radius 1 is 1.11 bits per heavy atom. The molecule has 0 fully saturated rings. The summed E-state index contributed by atoms with van der Waals surface area (Å²) in [5.74, 6) is -0.426. The zero-order valence-corrected chi connectivity index (χ0v) is 15.9. The van der Waals surface area contributed by atoms with Crippen molar-refractivity contribution < 1.29 is 9.18 Å². The van der Waals surface area contributed by atoms with Gasteiger partial charge in [-0.15, -0.1) is 0 Å². The van der Waals surface area contributed by atoms with Gasteiger partial charge in [0, 0.05) is 6.04 Å². The molecule has 0 saturated heterocycles. The summed E-state index contributed by atoms with van der Waals surface area (Å²) in [6, 6.07) is 16.4. The van der Waals surface area contributed by atoms with Gasteiger partial charge in [-0.05, 0) is 63.4 Å². The quantitative estimate of drug-likeness (QED) is 0.705. The van der Waals surface area contributed by atoms with Crippen molar-refractivity contribution in [1.82, 2.24) is 15.1 Å². The van der Waals surface area contributed by atoms with E-state index in [9.17, 15) is 9.18 Å². The summed E-state index contributed by atoms with van der Waals surface area (Å²) >= 11 is 0. The molecule has 140 valence electrons. The number of hydrogen-bond acceptors (Lipinski definition) is 2. The van der Waals surface area contributed by atoms with E-state index in [1.54, 1.807) is 16.8 Å². The molecule has 3 rings (SSSR count). The van der Waals surface area contributed by atoms with Crippen LogP contribution in [0.3, 0.4) is 0 Å². The maximum absolute atomic E-state index is 13.2. The summed E-state index contributed by atoms with van der Waals surface area (Å²) in [5.41, 5.74) is 3.96. The Morgan fingerprint density at radius 3 is 2.44 bits per heavy atom. The third-order valence-electron chi connectivity index (χ3n) is 4.68. The van der Waals surface area contributed by atoms with Crippen LogP contribution in [-0.2, 0) is 6.42 Å². The lowest BCUT2D eigenvalue weighted by Crippen LogP contribution is -2.33. The van der Waals surface area contributed by atoms with E-state index in [4.69, 9.17) is 0 Å². The van der Waals surface area contributed by atoms with E-state index in [-0.39, 0.29) is 17.8 Å². The number of carbonyl (C=O) groups excluding carboxylic acids is 1. The Balaban J connectivity index is 1.70. The molecule has 1 unspecified atom stereocenters. The molecular formula is C22H24FN3O. The van der Waals surface area contributed by atoms with Crippen LogP contribution in [0, 0.1) is 19.7 Å². The van der Waals surface area contributed by atoms with Crippen molar-refractivity contribution in [1.29, 1.82) is 0 Å². The highest BCUT2D eigenvalue weighted by Gasteiger charge is 2.20. The lowest BCUT2D eigenvalue weighted by molar-refractivity contribution is 0.0937. The van der Waals surface area contributed by atoms with E-state index < -0.39 is 0 Å². The van der Waals surface area contributed by atoms with Gasteiger partial charge >= 0.3 is 0 Å². The molecule has 1 heterocycles. The van der Waals surface area contributed by atoms with Crippen molar-refractivity contribution >= 4 is 5.91 Å². The Kier molecular flexibility index (Phi) is 5.69. The number of halogens is 1. The van der Waals surface area contributed by atoms with Crippen LogP contribution in [-0.4, -0.2) is 21.7 Å². The van der Waals surface area contributed by atoms with Gasteiger partial charge in [0.2, 0.25) is 0 Å². The van der Waals surface area contributed by atoms with Gasteiger partial charge in [-0.2, -0.15) is 5.10 Å². The maximum atomic E-state index is 13.2. The van der Waals surface area contributed by atoms with Crippen molar-refractivity contribution in [2.45, 2.75) is 39.7 Å². The molecular weight excluding hydrogens is 341 g/mol. The summed E-state index contributed by atoms with van der Waals surface area (Å²) in [6.07, 6.45) is 1.77. The number of benzene rings is 2. The minimum atomic E-state index is -0.300. The van der Waals surface area contributed by atoms with Crippen LogP contribution >= 0.6 is 0 Å². The van der Waals surface area contributed by atoms with Gasteiger partial charge in [0.1, 0.15) is 5.82 Å². The number of rotatable bonds is 6. The molecule has 2 aromatic carbocycles. The average molecular weight is 365 g/mol. The molecule has 4 nitrogen and oxygen atoms in total. The molecule has 0 spiro atoms. The summed E-state index contributed by atoms with van der Waals surface area (Å²) in [5, 5.41) is 7.54. The number of nitrogens with one attached hydrogen (secondary N) is 1. The monoisotopic (exact) mass is 365 g/mol. The standard InChI is InChI=1S/C22H24FN3O/c1-15(9-10-18-7-5-4-6-8-18)24-22(27)21-16(2)25-26(17(21)3)20-13-11-19(23)12-14-20/h4-8,11-15H,9-10H2,1-3H3,(H,24,27). The van der Waals surface area contributed by atoms with Crippen molar-refractivity contribution in [3.63, 3.8) is 0 Å². The third kappa shape index (κ3) is 4.42. The highest BCUT2D eigenvalue weighted by atomic mass is 19.1. The van der Waals surface area contributed by atoms with Crippen LogP contribution in [0.1, 0.15) is 40.7 Å². The average Bonchev–Trinajstić information content (AvgIpc) is 2.96. The molecule has 0 aliphatic carbocycles. The highest BCUT2D eigenvalue weighted by Crippen LogP contribution is 2.18. The lowest BCUT2D eigenvalue weighted by Gasteiger charge is -2.14. The summed E-state index contributed by atoms with van der Waals surface area (Å²) < 4.78 is 14.8. The van der Waals surface area contributed by atoms with E-state index in [1.807, 2.05) is 39.0 Å². The molecule has 1 amide bonds. The summed E-state index contributed by atoms with van der Waals surface area (Å²) in [6.45, 7) is 5.68. The van der Waals surface area contributed by atoms with E-state index in [2.05, 4.69) is 22.5 Å². The fraction of sp³-hybridized carbons (Fsp3) is 0.273. The molecule has 0 aliphatic heterocycles. The first-order valence-electron chi connectivity index (χ1n) is 9.12. The minimum absolute atomic E-state index is 0.0469. The van der Waals surface area contributed by atoms with Gasteiger partial charge in [0.05, 0.1) is 22.6 Å². The number of carbonyl (C=O) groups is 1. The largest absolute Gasteiger partial charge is 0.349 e. The minimum Gasteiger partial charge on any atom is -0.349 e. The second-order valence-corrected chi connectivity index (χ2v) is 6.83. The van der Waals surface area contributed by atoms with Gasteiger partial charge in [0.25, 0.3) is 5.91 Å². The maximum Gasteiger partial charge on any atom is 0.255 e. The molecule has 5 heteroatoms. The molecule has 0 bridgehead atoms. The fourth-order valence-corrected chi connectivity index (χ4v) is 3.20.